The first-order valence-corrected chi connectivity index (χ1v) is 10.3. The number of fused-ring (bicyclic) bond motifs is 1. The number of benzene rings is 1. The van der Waals surface area contributed by atoms with Gasteiger partial charge in [-0.3, -0.25) is 14.5 Å². The van der Waals surface area contributed by atoms with E-state index in [1.807, 2.05) is 19.2 Å². The van der Waals surface area contributed by atoms with E-state index in [9.17, 15) is 9.59 Å². The zero-order chi connectivity index (χ0) is 20.4. The molecule has 152 valence electrons. The lowest BCUT2D eigenvalue weighted by atomic mass is 9.95. The van der Waals surface area contributed by atoms with Crippen LogP contribution in [0.5, 0.6) is 0 Å². The van der Waals surface area contributed by atoms with Gasteiger partial charge in [-0.05, 0) is 55.6 Å². The number of H-pyrrole nitrogens is 2. The molecule has 7 heteroatoms. The Morgan fingerprint density at radius 1 is 1.17 bits per heavy atom. The van der Waals surface area contributed by atoms with Crippen LogP contribution >= 0.6 is 11.6 Å². The average Bonchev–Trinajstić information content (AvgIpc) is 3.22. The summed E-state index contributed by atoms with van der Waals surface area (Å²) in [5.41, 5.74) is 2.04. The number of amides is 1. The molecule has 1 fully saturated rings. The number of pyridine rings is 1. The summed E-state index contributed by atoms with van der Waals surface area (Å²) in [6.45, 7) is 3.70. The van der Waals surface area contributed by atoms with Crippen molar-refractivity contribution in [3.63, 3.8) is 0 Å². The maximum Gasteiger partial charge on any atom is 0.272 e. The second-order valence-electron chi connectivity index (χ2n) is 7.83. The second kappa shape index (κ2) is 8.43. The topological polar surface area (TPSA) is 72.2 Å². The highest BCUT2D eigenvalue weighted by Gasteiger charge is 2.24. The van der Waals surface area contributed by atoms with Crippen LogP contribution in [0.25, 0.3) is 10.9 Å². The third-order valence-corrected chi connectivity index (χ3v) is 6.00. The highest BCUT2D eigenvalue weighted by molar-refractivity contribution is 6.30. The van der Waals surface area contributed by atoms with Crippen molar-refractivity contribution in [1.29, 1.82) is 0 Å². The molecule has 4 rings (SSSR count). The van der Waals surface area contributed by atoms with E-state index in [1.54, 1.807) is 17.2 Å². The zero-order valence-electron chi connectivity index (χ0n) is 16.5. The van der Waals surface area contributed by atoms with Crippen LogP contribution in [-0.2, 0) is 6.54 Å². The summed E-state index contributed by atoms with van der Waals surface area (Å²) in [6, 6.07) is 9.80. The average molecular weight is 413 g/mol. The normalized spacial score (nSPS) is 15.7. The van der Waals surface area contributed by atoms with Crippen molar-refractivity contribution >= 4 is 28.4 Å². The Bertz CT molecular complexity index is 1050. The summed E-state index contributed by atoms with van der Waals surface area (Å²) in [5, 5.41) is 1.43. The minimum Gasteiger partial charge on any atom is -0.357 e. The van der Waals surface area contributed by atoms with Crippen molar-refractivity contribution in [3.05, 3.63) is 69.2 Å². The molecule has 2 aromatic heterocycles. The Labute approximate surface area is 174 Å². The van der Waals surface area contributed by atoms with Crippen LogP contribution in [0.1, 0.15) is 28.8 Å². The number of hydrogen-bond acceptors (Lipinski definition) is 3. The van der Waals surface area contributed by atoms with Crippen LogP contribution in [0.3, 0.4) is 0 Å². The Morgan fingerprint density at radius 2 is 1.90 bits per heavy atom. The Morgan fingerprint density at radius 3 is 2.62 bits per heavy atom. The van der Waals surface area contributed by atoms with Gasteiger partial charge in [0.2, 0.25) is 0 Å². The van der Waals surface area contributed by atoms with Crippen molar-refractivity contribution in [2.45, 2.75) is 19.4 Å². The monoisotopic (exact) mass is 412 g/mol. The molecule has 0 spiro atoms. The first-order valence-electron chi connectivity index (χ1n) is 9.92. The van der Waals surface area contributed by atoms with Gasteiger partial charge in [0.1, 0.15) is 5.52 Å². The second-order valence-corrected chi connectivity index (χ2v) is 8.27. The Balaban J connectivity index is 1.33. The highest BCUT2D eigenvalue weighted by Crippen LogP contribution is 2.22. The lowest BCUT2D eigenvalue weighted by Crippen LogP contribution is -2.39. The lowest BCUT2D eigenvalue weighted by molar-refractivity contribution is 0.0739. The summed E-state index contributed by atoms with van der Waals surface area (Å²) < 4.78 is 0. The molecule has 0 aliphatic carbocycles. The standard InChI is InChI=1S/C22H25ClN4O2/c1-26(22(29)19-12-25-21(28)20-18(19)6-9-24-20)13-16-7-10-27(11-8-16)14-15-2-4-17(23)5-3-15/h2-6,9,12,16,24H,7-8,10-11,13-14H2,1H3,(H,25,28). The van der Waals surface area contributed by atoms with Gasteiger partial charge in [-0.1, -0.05) is 23.7 Å². The SMILES string of the molecule is CN(CC1CCN(Cc2ccc(Cl)cc2)CC1)C(=O)c1c[nH]c(=O)c2[nH]ccc12. The molecule has 0 saturated carbocycles. The number of carbonyl (C=O) groups excluding carboxylic acids is 1. The van der Waals surface area contributed by atoms with Crippen LogP contribution < -0.4 is 5.56 Å². The molecule has 3 aromatic rings. The van der Waals surface area contributed by atoms with E-state index >= 15 is 0 Å². The van der Waals surface area contributed by atoms with E-state index in [0.717, 1.165) is 44.0 Å². The van der Waals surface area contributed by atoms with E-state index < -0.39 is 0 Å². The van der Waals surface area contributed by atoms with E-state index in [-0.39, 0.29) is 11.5 Å². The molecule has 0 bridgehead atoms. The van der Waals surface area contributed by atoms with Crippen molar-refractivity contribution in [2.24, 2.45) is 5.92 Å². The minimum absolute atomic E-state index is 0.0607. The van der Waals surface area contributed by atoms with Crippen molar-refractivity contribution in [1.82, 2.24) is 19.8 Å². The van der Waals surface area contributed by atoms with Gasteiger partial charge in [0, 0.05) is 42.9 Å². The van der Waals surface area contributed by atoms with Crippen LogP contribution in [0.15, 0.2) is 47.5 Å². The highest BCUT2D eigenvalue weighted by atomic mass is 35.5. The summed E-state index contributed by atoms with van der Waals surface area (Å²) in [4.78, 5) is 34.6. The molecule has 0 unspecified atom stereocenters. The molecular weight excluding hydrogens is 388 g/mol. The van der Waals surface area contributed by atoms with Crippen molar-refractivity contribution in [3.8, 4) is 0 Å². The minimum atomic E-state index is -0.211. The number of piperidine rings is 1. The molecule has 1 saturated heterocycles. The fourth-order valence-electron chi connectivity index (χ4n) is 4.10. The van der Waals surface area contributed by atoms with Gasteiger partial charge in [-0.15, -0.1) is 0 Å². The number of halogens is 1. The molecule has 3 heterocycles. The van der Waals surface area contributed by atoms with Gasteiger partial charge < -0.3 is 14.9 Å². The summed E-state index contributed by atoms with van der Waals surface area (Å²) >= 11 is 5.96. The molecule has 29 heavy (non-hydrogen) atoms. The largest absolute Gasteiger partial charge is 0.357 e. The Hall–Kier alpha value is -2.57. The quantitative estimate of drug-likeness (QED) is 0.673. The van der Waals surface area contributed by atoms with Gasteiger partial charge in [0.25, 0.3) is 11.5 Å². The van der Waals surface area contributed by atoms with Crippen molar-refractivity contribution in [2.75, 3.05) is 26.7 Å². The summed E-state index contributed by atoms with van der Waals surface area (Å²) in [6.07, 6.45) is 5.34. The number of carbonyl (C=O) groups is 1. The first kappa shape index (κ1) is 19.7. The Kier molecular flexibility index (Phi) is 5.74. The van der Waals surface area contributed by atoms with E-state index in [4.69, 9.17) is 11.6 Å². The molecule has 1 aliphatic rings. The summed E-state index contributed by atoms with van der Waals surface area (Å²) in [7, 11) is 1.84. The number of aromatic amines is 2. The maximum absolute atomic E-state index is 12.9. The van der Waals surface area contributed by atoms with Crippen LogP contribution in [-0.4, -0.2) is 52.4 Å². The van der Waals surface area contributed by atoms with E-state index in [2.05, 4.69) is 27.0 Å². The number of aromatic nitrogens is 2. The number of nitrogens with one attached hydrogen (secondary N) is 2. The molecule has 0 radical (unpaired) electrons. The molecule has 1 aliphatic heterocycles. The number of hydrogen-bond donors (Lipinski definition) is 2. The third-order valence-electron chi connectivity index (χ3n) is 5.75. The van der Waals surface area contributed by atoms with Crippen LogP contribution in [0.4, 0.5) is 0 Å². The molecule has 1 aromatic carbocycles. The van der Waals surface area contributed by atoms with E-state index in [0.29, 0.717) is 22.4 Å². The van der Waals surface area contributed by atoms with Gasteiger partial charge in [-0.25, -0.2) is 0 Å². The van der Waals surface area contributed by atoms with Gasteiger partial charge in [-0.2, -0.15) is 0 Å². The molecule has 6 nitrogen and oxygen atoms in total. The fraction of sp³-hybridized carbons (Fsp3) is 0.364. The predicted molar refractivity (Wildman–Crippen MR) is 115 cm³/mol. The number of rotatable bonds is 5. The third kappa shape index (κ3) is 4.38. The maximum atomic E-state index is 12.9. The van der Waals surface area contributed by atoms with Crippen LogP contribution in [0.2, 0.25) is 5.02 Å². The zero-order valence-corrected chi connectivity index (χ0v) is 17.2. The van der Waals surface area contributed by atoms with Crippen molar-refractivity contribution < 1.29 is 4.79 Å². The molecule has 1 amide bonds. The van der Waals surface area contributed by atoms with Gasteiger partial charge >= 0.3 is 0 Å². The summed E-state index contributed by atoms with van der Waals surface area (Å²) in [5.74, 6) is 0.421. The molecule has 0 atom stereocenters. The first-order chi connectivity index (χ1) is 14.0. The fourth-order valence-corrected chi connectivity index (χ4v) is 4.22. The number of nitrogens with zero attached hydrogens (tertiary/aromatic N) is 2. The van der Waals surface area contributed by atoms with Gasteiger partial charge in [0.15, 0.2) is 0 Å². The van der Waals surface area contributed by atoms with E-state index in [1.165, 1.54) is 11.8 Å². The number of likely N-dealkylation sites (tertiary alicyclic amines) is 1. The lowest BCUT2D eigenvalue weighted by Gasteiger charge is -2.34. The smallest absolute Gasteiger partial charge is 0.272 e. The molecular formula is C22H25ClN4O2. The molecule has 2 N–H and O–H groups in total. The van der Waals surface area contributed by atoms with Crippen LogP contribution in [0, 0.1) is 5.92 Å². The predicted octanol–water partition coefficient (Wildman–Crippen LogP) is 3.49. The van der Waals surface area contributed by atoms with Gasteiger partial charge in [0.05, 0.1) is 5.56 Å².